The van der Waals surface area contributed by atoms with Gasteiger partial charge in [0.25, 0.3) is 20.7 Å². The average molecular weight is 765 g/mol. The van der Waals surface area contributed by atoms with E-state index in [0.717, 1.165) is 54.6 Å². The van der Waals surface area contributed by atoms with E-state index in [1.54, 1.807) is 23.9 Å². The number of ether oxygens (including phenoxy) is 4. The summed E-state index contributed by atoms with van der Waals surface area (Å²) in [7, 11) is 10.8. The van der Waals surface area contributed by atoms with Crippen LogP contribution in [0.25, 0.3) is 54.6 Å². The summed E-state index contributed by atoms with van der Waals surface area (Å²) in [5, 5.41) is 12.6. The largest absolute Gasteiger partial charge is 0.431 e. The maximum atomic E-state index is 6.43. The van der Waals surface area contributed by atoms with Gasteiger partial charge >= 0.3 is 0 Å². The van der Waals surface area contributed by atoms with Gasteiger partial charge in [-0.05, 0) is 130 Å². The minimum absolute atomic E-state index is 0.204. The first-order chi connectivity index (χ1) is 24.9. The van der Waals surface area contributed by atoms with Gasteiger partial charge in [-0.25, -0.2) is 0 Å². The van der Waals surface area contributed by atoms with Gasteiger partial charge in [0, 0.05) is 64.5 Å². The Morgan fingerprint density at radius 2 is 0.692 bits per heavy atom. The molecule has 0 heterocycles. The Hall–Kier alpha value is -5.14. The zero-order chi connectivity index (χ0) is 37.1. The van der Waals surface area contributed by atoms with Gasteiger partial charge < -0.3 is 39.4 Å². The summed E-state index contributed by atoms with van der Waals surface area (Å²) >= 11 is 22.2. The first kappa shape index (κ1) is 36.6. The van der Waals surface area contributed by atoms with E-state index in [-0.39, 0.29) is 15.5 Å². The number of rotatable bonds is 6. The normalized spacial score (nSPS) is 10.8. The molecule has 264 valence electrons. The molecule has 6 aromatic rings. The van der Waals surface area contributed by atoms with Gasteiger partial charge in [-0.15, -0.1) is 0 Å². The van der Waals surface area contributed by atoms with Crippen molar-refractivity contribution in [2.45, 2.75) is 0 Å². The molecule has 0 aliphatic heterocycles. The summed E-state index contributed by atoms with van der Waals surface area (Å²) in [5.74, 6) is 2.16. The molecule has 2 N–H and O–H groups in total. The molecule has 52 heavy (non-hydrogen) atoms. The van der Waals surface area contributed by atoms with Crippen molar-refractivity contribution in [1.82, 2.24) is 20.4 Å². The fraction of sp³-hybridized carbons (Fsp3) is 0.150. The first-order valence-corrected chi connectivity index (χ1v) is 17.8. The second-order valence-electron chi connectivity index (χ2n) is 12.2. The van der Waals surface area contributed by atoms with Crippen LogP contribution in [-0.4, -0.2) is 72.8 Å². The van der Waals surface area contributed by atoms with Crippen LogP contribution in [-0.2, 0) is 0 Å². The van der Waals surface area contributed by atoms with Gasteiger partial charge in [0.15, 0.2) is 0 Å². The number of benzene rings is 6. The standard InChI is InChI=1S/C40H36N4O4S4/c1-41-37(49)45-33-19-25-13-9-7-11-23(25)15-29(33)32-18-27-21-34(46-38(50)42-2)31(17-28(27)22-36(32)48-40(52)44(5)6)30-16-24-12-8-10-14-26(24)20-35(30)47-39(51)43(3)4/h7-22H,1-6H3,(H,41,49)(H,42,50). The molecular formula is C40H36N4O4S4. The maximum Gasteiger partial charge on any atom is 0.264 e. The van der Waals surface area contributed by atoms with Crippen LogP contribution < -0.4 is 29.6 Å². The molecule has 0 bridgehead atoms. The Bertz CT molecular complexity index is 2400. The van der Waals surface area contributed by atoms with Crippen molar-refractivity contribution in [1.29, 1.82) is 0 Å². The molecule has 0 radical (unpaired) electrons. The van der Waals surface area contributed by atoms with Crippen molar-refractivity contribution >= 4 is 102 Å². The lowest BCUT2D eigenvalue weighted by molar-refractivity contribution is 0.450. The molecule has 0 saturated heterocycles. The Morgan fingerprint density at radius 3 is 1.00 bits per heavy atom. The van der Waals surface area contributed by atoms with Gasteiger partial charge in [0.2, 0.25) is 0 Å². The van der Waals surface area contributed by atoms with Crippen LogP contribution in [0.1, 0.15) is 0 Å². The van der Waals surface area contributed by atoms with Gasteiger partial charge in [-0.3, -0.25) is 0 Å². The van der Waals surface area contributed by atoms with E-state index in [0.29, 0.717) is 28.2 Å². The molecule has 0 unspecified atom stereocenters. The lowest BCUT2D eigenvalue weighted by Crippen LogP contribution is -2.25. The third-order valence-corrected chi connectivity index (χ3v) is 9.72. The quantitative estimate of drug-likeness (QED) is 0.160. The third-order valence-electron chi connectivity index (χ3n) is 8.25. The van der Waals surface area contributed by atoms with Crippen molar-refractivity contribution in [2.75, 3.05) is 42.3 Å². The minimum Gasteiger partial charge on any atom is -0.431 e. The number of hydrogen-bond donors (Lipinski definition) is 2. The monoisotopic (exact) mass is 764 g/mol. The van der Waals surface area contributed by atoms with Crippen LogP contribution in [0.2, 0.25) is 0 Å². The van der Waals surface area contributed by atoms with Crippen molar-refractivity contribution in [2.24, 2.45) is 0 Å². The van der Waals surface area contributed by atoms with E-state index >= 15 is 0 Å². The zero-order valence-electron chi connectivity index (χ0n) is 29.4. The van der Waals surface area contributed by atoms with Crippen molar-refractivity contribution in [3.8, 4) is 45.3 Å². The molecule has 12 heteroatoms. The van der Waals surface area contributed by atoms with Crippen molar-refractivity contribution < 1.29 is 18.9 Å². The van der Waals surface area contributed by atoms with E-state index in [4.69, 9.17) is 67.8 Å². The predicted molar refractivity (Wildman–Crippen MR) is 228 cm³/mol. The maximum absolute atomic E-state index is 6.43. The molecular weight excluding hydrogens is 729 g/mol. The van der Waals surface area contributed by atoms with Crippen molar-refractivity contribution in [3.63, 3.8) is 0 Å². The highest BCUT2D eigenvalue weighted by Gasteiger charge is 2.22. The van der Waals surface area contributed by atoms with E-state index in [2.05, 4.69) is 28.8 Å². The second-order valence-corrected chi connectivity index (χ2v) is 13.7. The Balaban J connectivity index is 1.65. The SMILES string of the molecule is CNC(=S)Oc1cc2ccccc2cc1-c1cc2cc(OC(=S)NC)c(-c3cc4ccccc4cc3OC(=S)N(C)C)cc2cc1OC(=S)N(C)C. The molecule has 6 rings (SSSR count). The van der Waals surface area contributed by atoms with Crippen LogP contribution in [0.5, 0.6) is 23.0 Å². The van der Waals surface area contributed by atoms with Gasteiger partial charge in [-0.2, -0.15) is 0 Å². The lowest BCUT2D eigenvalue weighted by Gasteiger charge is -2.21. The van der Waals surface area contributed by atoms with E-state index in [1.807, 2.05) is 107 Å². The number of thiocarbonyl (C=S) groups is 4. The average Bonchev–Trinajstić information content (AvgIpc) is 3.13. The second kappa shape index (κ2) is 15.6. The first-order valence-electron chi connectivity index (χ1n) is 16.2. The molecule has 0 fully saturated rings. The summed E-state index contributed by atoms with van der Waals surface area (Å²) in [6.07, 6.45) is 0. The highest BCUT2D eigenvalue weighted by atomic mass is 32.1. The molecule has 0 atom stereocenters. The van der Waals surface area contributed by atoms with E-state index < -0.39 is 0 Å². The smallest absolute Gasteiger partial charge is 0.264 e. The fourth-order valence-corrected chi connectivity index (χ4v) is 5.96. The third kappa shape index (κ3) is 7.85. The van der Waals surface area contributed by atoms with Gasteiger partial charge in [0.05, 0.1) is 0 Å². The zero-order valence-corrected chi connectivity index (χ0v) is 32.7. The Kier molecular flexibility index (Phi) is 11.0. The molecule has 8 nitrogen and oxygen atoms in total. The van der Waals surface area contributed by atoms with Crippen LogP contribution in [0.4, 0.5) is 0 Å². The number of nitrogens with zero attached hydrogens (tertiary/aromatic N) is 2. The highest BCUT2D eigenvalue weighted by molar-refractivity contribution is 7.80. The Morgan fingerprint density at radius 1 is 0.423 bits per heavy atom. The fourth-order valence-electron chi connectivity index (χ4n) is 5.60. The number of nitrogens with one attached hydrogen (secondary N) is 2. The van der Waals surface area contributed by atoms with Crippen LogP contribution >= 0.6 is 48.9 Å². The molecule has 0 saturated carbocycles. The molecule has 0 aliphatic rings. The molecule has 0 aromatic heterocycles. The molecule has 0 spiro atoms. The van der Waals surface area contributed by atoms with Gasteiger partial charge in [0.1, 0.15) is 23.0 Å². The van der Waals surface area contributed by atoms with Crippen LogP contribution in [0.15, 0.2) is 97.1 Å². The predicted octanol–water partition coefficient (Wildman–Crippen LogP) is 8.70. The van der Waals surface area contributed by atoms with Crippen LogP contribution in [0.3, 0.4) is 0 Å². The molecule has 0 amide bonds. The summed E-state index contributed by atoms with van der Waals surface area (Å²) in [6.45, 7) is 0. The summed E-state index contributed by atoms with van der Waals surface area (Å²) < 4.78 is 25.2. The van der Waals surface area contributed by atoms with E-state index in [1.165, 1.54) is 0 Å². The molecule has 0 aliphatic carbocycles. The lowest BCUT2D eigenvalue weighted by atomic mass is 9.93. The number of fused-ring (bicyclic) bond motifs is 3. The van der Waals surface area contributed by atoms with Gasteiger partial charge in [-0.1, -0.05) is 48.5 Å². The topological polar surface area (TPSA) is 67.5 Å². The summed E-state index contributed by atoms with van der Waals surface area (Å²) in [4.78, 5) is 3.49. The summed E-state index contributed by atoms with van der Waals surface area (Å²) in [6, 6.07) is 32.2. The summed E-state index contributed by atoms with van der Waals surface area (Å²) in [5.41, 5.74) is 2.99. The number of hydrogen-bond acceptors (Lipinski definition) is 8. The Labute approximate surface area is 324 Å². The highest BCUT2D eigenvalue weighted by Crippen LogP contribution is 2.46. The van der Waals surface area contributed by atoms with Crippen LogP contribution in [0, 0.1) is 0 Å². The van der Waals surface area contributed by atoms with E-state index in [9.17, 15) is 0 Å². The minimum atomic E-state index is 0.204. The molecule has 6 aromatic carbocycles. The van der Waals surface area contributed by atoms with Crippen molar-refractivity contribution in [3.05, 3.63) is 97.1 Å².